The van der Waals surface area contributed by atoms with Gasteiger partial charge in [0, 0.05) is 12.2 Å². The third kappa shape index (κ3) is 3.59. The fourth-order valence-electron chi connectivity index (χ4n) is 1.25. The summed E-state index contributed by atoms with van der Waals surface area (Å²) in [5.74, 6) is -0.193. The fourth-order valence-corrected chi connectivity index (χ4v) is 1.45. The normalized spacial score (nSPS) is 10.6. The van der Waals surface area contributed by atoms with E-state index in [0.29, 0.717) is 22.8 Å². The van der Waals surface area contributed by atoms with Crippen molar-refractivity contribution in [2.75, 3.05) is 12.3 Å². The molecular formula is C12H15ClN2O. The van der Waals surface area contributed by atoms with Gasteiger partial charge in [0.15, 0.2) is 0 Å². The number of amides is 1. The van der Waals surface area contributed by atoms with E-state index >= 15 is 0 Å². The van der Waals surface area contributed by atoms with E-state index in [0.717, 1.165) is 6.42 Å². The lowest BCUT2D eigenvalue weighted by Gasteiger charge is -2.06. The second-order valence-corrected chi connectivity index (χ2v) is 3.76. The van der Waals surface area contributed by atoms with E-state index in [1.807, 2.05) is 19.1 Å². The summed E-state index contributed by atoms with van der Waals surface area (Å²) in [6, 6.07) is 4.87. The van der Waals surface area contributed by atoms with Gasteiger partial charge in [-0.25, -0.2) is 0 Å². The van der Waals surface area contributed by atoms with Crippen molar-refractivity contribution in [2.24, 2.45) is 0 Å². The van der Waals surface area contributed by atoms with Gasteiger partial charge in [0.2, 0.25) is 0 Å². The van der Waals surface area contributed by atoms with Crippen LogP contribution >= 0.6 is 11.6 Å². The molecule has 3 N–H and O–H groups in total. The van der Waals surface area contributed by atoms with Crippen LogP contribution < -0.4 is 11.1 Å². The third-order valence-electron chi connectivity index (χ3n) is 2.07. The predicted octanol–water partition coefficient (Wildman–Crippen LogP) is 2.62. The van der Waals surface area contributed by atoms with E-state index in [1.54, 1.807) is 18.2 Å². The van der Waals surface area contributed by atoms with Crippen LogP contribution in [0.15, 0.2) is 30.4 Å². The Morgan fingerprint density at radius 1 is 1.56 bits per heavy atom. The highest BCUT2D eigenvalue weighted by atomic mass is 35.5. The third-order valence-corrected chi connectivity index (χ3v) is 2.40. The smallest absolute Gasteiger partial charge is 0.252 e. The monoisotopic (exact) mass is 238 g/mol. The van der Waals surface area contributed by atoms with E-state index < -0.39 is 0 Å². The van der Waals surface area contributed by atoms with Crippen molar-refractivity contribution in [1.29, 1.82) is 0 Å². The van der Waals surface area contributed by atoms with E-state index in [9.17, 15) is 4.79 Å². The van der Waals surface area contributed by atoms with Crippen molar-refractivity contribution in [3.63, 3.8) is 0 Å². The Balaban J connectivity index is 2.62. The largest absolute Gasteiger partial charge is 0.399 e. The Labute approximate surface area is 100 Å². The molecule has 1 rings (SSSR count). The topological polar surface area (TPSA) is 55.1 Å². The summed E-state index contributed by atoms with van der Waals surface area (Å²) in [4.78, 5) is 11.7. The van der Waals surface area contributed by atoms with Gasteiger partial charge < -0.3 is 11.1 Å². The number of anilines is 1. The van der Waals surface area contributed by atoms with Crippen LogP contribution in [0.5, 0.6) is 0 Å². The highest BCUT2D eigenvalue weighted by molar-refractivity contribution is 6.34. The average Bonchev–Trinajstić information content (AvgIpc) is 2.27. The zero-order valence-corrected chi connectivity index (χ0v) is 9.92. The van der Waals surface area contributed by atoms with Crippen LogP contribution in [-0.2, 0) is 0 Å². The minimum absolute atomic E-state index is 0.193. The van der Waals surface area contributed by atoms with Crippen LogP contribution in [0.1, 0.15) is 23.7 Å². The molecule has 0 spiro atoms. The zero-order chi connectivity index (χ0) is 12.0. The molecule has 1 aromatic carbocycles. The molecule has 4 heteroatoms. The SMILES string of the molecule is C/C=C/CCNC(=O)c1cc(N)ccc1Cl. The van der Waals surface area contributed by atoms with Gasteiger partial charge in [-0.05, 0) is 31.5 Å². The van der Waals surface area contributed by atoms with Crippen molar-refractivity contribution in [3.05, 3.63) is 40.9 Å². The molecule has 0 fully saturated rings. The molecule has 0 saturated carbocycles. The molecule has 0 unspecified atom stereocenters. The van der Waals surface area contributed by atoms with Gasteiger partial charge in [0.25, 0.3) is 5.91 Å². The summed E-state index contributed by atoms with van der Waals surface area (Å²) >= 11 is 5.90. The number of halogens is 1. The maximum atomic E-state index is 11.7. The standard InChI is InChI=1S/C12H15ClN2O/c1-2-3-4-7-15-12(16)10-8-9(14)5-6-11(10)13/h2-3,5-6,8H,4,7,14H2,1H3,(H,15,16)/b3-2+. The highest BCUT2D eigenvalue weighted by Crippen LogP contribution is 2.18. The van der Waals surface area contributed by atoms with Crippen LogP contribution in [0.3, 0.4) is 0 Å². The number of nitrogens with one attached hydrogen (secondary N) is 1. The number of allylic oxidation sites excluding steroid dienone is 1. The van der Waals surface area contributed by atoms with E-state index in [2.05, 4.69) is 5.32 Å². The maximum Gasteiger partial charge on any atom is 0.252 e. The van der Waals surface area contributed by atoms with E-state index in [-0.39, 0.29) is 5.91 Å². The molecule has 3 nitrogen and oxygen atoms in total. The first-order valence-corrected chi connectivity index (χ1v) is 5.47. The van der Waals surface area contributed by atoms with Crippen LogP contribution in [0.25, 0.3) is 0 Å². The first-order valence-electron chi connectivity index (χ1n) is 5.09. The molecule has 0 aromatic heterocycles. The highest BCUT2D eigenvalue weighted by Gasteiger charge is 2.09. The number of hydrogen-bond acceptors (Lipinski definition) is 2. The number of carbonyl (C=O) groups excluding carboxylic acids is 1. The molecule has 0 aliphatic carbocycles. The quantitative estimate of drug-likeness (QED) is 0.481. The Bertz CT molecular complexity index is 402. The van der Waals surface area contributed by atoms with Gasteiger partial charge in [-0.1, -0.05) is 23.8 Å². The lowest BCUT2D eigenvalue weighted by molar-refractivity contribution is 0.0954. The minimum Gasteiger partial charge on any atom is -0.399 e. The van der Waals surface area contributed by atoms with Gasteiger partial charge in [0.1, 0.15) is 0 Å². The van der Waals surface area contributed by atoms with Crippen LogP contribution in [0.4, 0.5) is 5.69 Å². The van der Waals surface area contributed by atoms with Gasteiger partial charge in [-0.3, -0.25) is 4.79 Å². The van der Waals surface area contributed by atoms with Crippen LogP contribution in [0, 0.1) is 0 Å². The molecule has 0 saturated heterocycles. The summed E-state index contributed by atoms with van der Waals surface area (Å²) in [7, 11) is 0. The molecule has 1 aromatic rings. The molecule has 1 amide bonds. The van der Waals surface area contributed by atoms with Crippen molar-refractivity contribution < 1.29 is 4.79 Å². The summed E-state index contributed by atoms with van der Waals surface area (Å²) in [6.45, 7) is 2.53. The van der Waals surface area contributed by atoms with Gasteiger partial charge in [-0.2, -0.15) is 0 Å². The van der Waals surface area contributed by atoms with Crippen molar-refractivity contribution in [2.45, 2.75) is 13.3 Å². The van der Waals surface area contributed by atoms with E-state index in [4.69, 9.17) is 17.3 Å². The number of carbonyl (C=O) groups is 1. The number of nitrogens with two attached hydrogens (primary N) is 1. The molecule has 0 heterocycles. The van der Waals surface area contributed by atoms with Crippen LogP contribution in [0.2, 0.25) is 5.02 Å². The number of nitrogen functional groups attached to an aromatic ring is 1. The maximum absolute atomic E-state index is 11.7. The Hall–Kier alpha value is -1.48. The average molecular weight is 239 g/mol. The molecule has 0 aliphatic heterocycles. The Kier molecular flexibility index (Phi) is 4.86. The molecular weight excluding hydrogens is 224 g/mol. The summed E-state index contributed by atoms with van der Waals surface area (Å²) in [6.07, 6.45) is 4.74. The molecule has 16 heavy (non-hydrogen) atoms. The number of rotatable bonds is 4. The van der Waals surface area contributed by atoms with Crippen molar-refractivity contribution in [1.82, 2.24) is 5.32 Å². The second-order valence-electron chi connectivity index (χ2n) is 3.35. The zero-order valence-electron chi connectivity index (χ0n) is 9.16. The fraction of sp³-hybridized carbons (Fsp3) is 0.250. The molecule has 0 atom stereocenters. The molecule has 0 aliphatic rings. The molecule has 0 bridgehead atoms. The number of hydrogen-bond donors (Lipinski definition) is 2. The van der Waals surface area contributed by atoms with Gasteiger partial charge in [0.05, 0.1) is 10.6 Å². The van der Waals surface area contributed by atoms with E-state index in [1.165, 1.54) is 0 Å². The second kappa shape index (κ2) is 6.18. The summed E-state index contributed by atoms with van der Waals surface area (Å²) in [5.41, 5.74) is 6.54. The summed E-state index contributed by atoms with van der Waals surface area (Å²) < 4.78 is 0. The minimum atomic E-state index is -0.193. The van der Waals surface area contributed by atoms with Crippen molar-refractivity contribution >= 4 is 23.2 Å². The first-order chi connectivity index (χ1) is 7.65. The van der Waals surface area contributed by atoms with Crippen LogP contribution in [-0.4, -0.2) is 12.5 Å². The van der Waals surface area contributed by atoms with Gasteiger partial charge >= 0.3 is 0 Å². The van der Waals surface area contributed by atoms with Crippen molar-refractivity contribution in [3.8, 4) is 0 Å². The predicted molar refractivity (Wildman–Crippen MR) is 67.6 cm³/mol. The Morgan fingerprint density at radius 3 is 3.00 bits per heavy atom. The number of benzene rings is 1. The lowest BCUT2D eigenvalue weighted by Crippen LogP contribution is -2.24. The first kappa shape index (κ1) is 12.6. The summed E-state index contributed by atoms with van der Waals surface area (Å²) in [5, 5.41) is 3.19. The Morgan fingerprint density at radius 2 is 2.31 bits per heavy atom. The molecule has 86 valence electrons. The molecule has 0 radical (unpaired) electrons. The lowest BCUT2D eigenvalue weighted by atomic mass is 10.2. The van der Waals surface area contributed by atoms with Gasteiger partial charge in [-0.15, -0.1) is 0 Å².